The summed E-state index contributed by atoms with van der Waals surface area (Å²) in [6.07, 6.45) is 0.0209. The number of urea groups is 1. The van der Waals surface area contributed by atoms with Crippen molar-refractivity contribution in [3.8, 4) is 17.2 Å². The minimum Gasteiger partial charge on any atom is -0.491 e. The van der Waals surface area contributed by atoms with Crippen LogP contribution in [-0.4, -0.2) is 53.5 Å². The van der Waals surface area contributed by atoms with E-state index in [1.165, 1.54) is 0 Å². The van der Waals surface area contributed by atoms with Crippen LogP contribution in [0.15, 0.2) is 18.2 Å². The summed E-state index contributed by atoms with van der Waals surface area (Å²) in [6, 6.07) is 4.61. The van der Waals surface area contributed by atoms with E-state index < -0.39 is 17.7 Å². The van der Waals surface area contributed by atoms with Crippen molar-refractivity contribution in [1.29, 1.82) is 0 Å². The van der Waals surface area contributed by atoms with Crippen molar-refractivity contribution in [3.05, 3.63) is 18.2 Å². The van der Waals surface area contributed by atoms with Crippen LogP contribution >= 0.6 is 0 Å². The molecule has 8 nitrogen and oxygen atoms in total. The van der Waals surface area contributed by atoms with Crippen LogP contribution in [0.4, 0.5) is 4.79 Å². The van der Waals surface area contributed by atoms with Crippen molar-refractivity contribution in [1.82, 2.24) is 10.2 Å². The topological polar surface area (TPSA) is 97.3 Å². The lowest BCUT2D eigenvalue weighted by Crippen LogP contribution is -2.46. The maximum atomic E-state index is 12.5. The second-order valence-corrected chi connectivity index (χ2v) is 6.12. The molecule has 25 heavy (non-hydrogen) atoms. The Bertz CT molecular complexity index is 673. The molecule has 136 valence electrons. The molecule has 1 aromatic carbocycles. The summed E-state index contributed by atoms with van der Waals surface area (Å²) in [5.41, 5.74) is -0.866. The molecule has 2 aliphatic rings. The maximum Gasteiger partial charge on any atom is 0.325 e. The Morgan fingerprint density at radius 3 is 2.68 bits per heavy atom. The number of amides is 3. The fourth-order valence-corrected chi connectivity index (χ4v) is 2.99. The third-order valence-corrected chi connectivity index (χ3v) is 4.63. The van der Waals surface area contributed by atoms with E-state index in [4.69, 9.17) is 14.2 Å². The number of carbonyl (C=O) groups excluding carboxylic acids is 2. The van der Waals surface area contributed by atoms with E-state index >= 15 is 0 Å². The van der Waals surface area contributed by atoms with Crippen LogP contribution < -0.4 is 19.5 Å². The van der Waals surface area contributed by atoms with Gasteiger partial charge < -0.3 is 24.6 Å². The molecule has 0 unspecified atom stereocenters. The Morgan fingerprint density at radius 1 is 1.28 bits per heavy atom. The zero-order valence-electron chi connectivity index (χ0n) is 14.3. The van der Waals surface area contributed by atoms with Gasteiger partial charge in [0.25, 0.3) is 5.91 Å². The molecule has 0 bridgehead atoms. The number of aliphatic hydroxyl groups excluding tert-OH is 1. The fraction of sp³-hybridized carbons (Fsp3) is 0.529. The quantitative estimate of drug-likeness (QED) is 0.719. The summed E-state index contributed by atoms with van der Waals surface area (Å²) >= 11 is 0. The first-order chi connectivity index (χ1) is 12.0. The number of fused-ring (bicyclic) bond motifs is 1. The zero-order chi connectivity index (χ0) is 18.0. The standard InChI is InChI=1S/C17H22N2O6/c1-3-17(4-2)15(21)19(16(22)18-17)8-11(20)9-23-12-5-6-13-14(7-12)25-10-24-13/h5-7,11,20H,3-4,8-10H2,1-2H3,(H,18,22)/t11-/m1/s1. The molecule has 1 fully saturated rings. The first kappa shape index (κ1) is 17.3. The number of nitrogens with one attached hydrogen (secondary N) is 1. The van der Waals surface area contributed by atoms with Crippen molar-refractivity contribution in [3.63, 3.8) is 0 Å². The Balaban J connectivity index is 1.56. The van der Waals surface area contributed by atoms with Crippen molar-refractivity contribution >= 4 is 11.9 Å². The van der Waals surface area contributed by atoms with E-state index in [0.717, 1.165) is 4.90 Å². The largest absolute Gasteiger partial charge is 0.491 e. The fourth-order valence-electron chi connectivity index (χ4n) is 2.99. The van der Waals surface area contributed by atoms with Gasteiger partial charge in [0.1, 0.15) is 24.0 Å². The summed E-state index contributed by atoms with van der Waals surface area (Å²) < 4.78 is 16.0. The van der Waals surface area contributed by atoms with E-state index in [0.29, 0.717) is 30.1 Å². The smallest absolute Gasteiger partial charge is 0.325 e. The van der Waals surface area contributed by atoms with E-state index in [1.54, 1.807) is 18.2 Å². The number of hydrogen-bond donors (Lipinski definition) is 2. The summed E-state index contributed by atoms with van der Waals surface area (Å²) in [4.78, 5) is 25.6. The van der Waals surface area contributed by atoms with Crippen LogP contribution in [0.5, 0.6) is 17.2 Å². The SMILES string of the molecule is CCC1(CC)NC(=O)N(C[C@@H](O)COc2ccc3c(c2)OCO3)C1=O. The summed E-state index contributed by atoms with van der Waals surface area (Å²) in [7, 11) is 0. The van der Waals surface area contributed by atoms with Crippen LogP contribution in [0, 0.1) is 0 Å². The number of nitrogens with zero attached hydrogens (tertiary/aromatic N) is 1. The van der Waals surface area contributed by atoms with Gasteiger partial charge in [0.15, 0.2) is 11.5 Å². The molecule has 0 aliphatic carbocycles. The number of rotatable bonds is 7. The molecule has 2 heterocycles. The van der Waals surface area contributed by atoms with Crippen molar-refractivity contribution in [2.45, 2.75) is 38.3 Å². The van der Waals surface area contributed by atoms with Crippen molar-refractivity contribution < 1.29 is 28.9 Å². The number of benzene rings is 1. The highest BCUT2D eigenvalue weighted by Gasteiger charge is 2.48. The highest BCUT2D eigenvalue weighted by Crippen LogP contribution is 2.35. The predicted octanol–water partition coefficient (Wildman–Crippen LogP) is 1.27. The van der Waals surface area contributed by atoms with Gasteiger partial charge in [0.05, 0.1) is 6.54 Å². The maximum absolute atomic E-state index is 12.5. The van der Waals surface area contributed by atoms with Gasteiger partial charge in [-0.05, 0) is 25.0 Å². The predicted molar refractivity (Wildman–Crippen MR) is 87.6 cm³/mol. The molecule has 3 rings (SSSR count). The van der Waals surface area contributed by atoms with Crippen LogP contribution in [0.3, 0.4) is 0 Å². The second kappa shape index (κ2) is 6.79. The summed E-state index contributed by atoms with van der Waals surface area (Å²) in [5.74, 6) is 1.43. The number of carbonyl (C=O) groups is 2. The molecule has 0 saturated carbocycles. The normalized spacial score (nSPS) is 19.1. The molecule has 0 aromatic heterocycles. The monoisotopic (exact) mass is 350 g/mol. The van der Waals surface area contributed by atoms with Crippen LogP contribution in [0.25, 0.3) is 0 Å². The molecule has 8 heteroatoms. The Kier molecular flexibility index (Phi) is 4.71. The molecule has 1 atom stereocenters. The van der Waals surface area contributed by atoms with E-state index in [2.05, 4.69) is 5.32 Å². The zero-order valence-corrected chi connectivity index (χ0v) is 14.3. The minimum atomic E-state index is -0.996. The van der Waals surface area contributed by atoms with Gasteiger partial charge in [-0.25, -0.2) is 4.79 Å². The molecule has 0 spiro atoms. The van der Waals surface area contributed by atoms with E-state index in [-0.39, 0.29) is 25.9 Å². The highest BCUT2D eigenvalue weighted by atomic mass is 16.7. The van der Waals surface area contributed by atoms with Crippen LogP contribution in [0.2, 0.25) is 0 Å². The third-order valence-electron chi connectivity index (χ3n) is 4.63. The second-order valence-electron chi connectivity index (χ2n) is 6.12. The average molecular weight is 350 g/mol. The molecular formula is C17H22N2O6. The van der Waals surface area contributed by atoms with Gasteiger partial charge in [-0.3, -0.25) is 9.69 Å². The average Bonchev–Trinajstić information content (AvgIpc) is 3.17. The number of hydrogen-bond acceptors (Lipinski definition) is 6. The lowest BCUT2D eigenvalue weighted by atomic mass is 9.93. The number of ether oxygens (including phenoxy) is 3. The minimum absolute atomic E-state index is 0.0536. The Morgan fingerprint density at radius 2 is 2.00 bits per heavy atom. The third kappa shape index (κ3) is 3.21. The van der Waals surface area contributed by atoms with Gasteiger partial charge in [-0.1, -0.05) is 13.8 Å². The van der Waals surface area contributed by atoms with Crippen molar-refractivity contribution in [2.24, 2.45) is 0 Å². The lowest BCUT2D eigenvalue weighted by molar-refractivity contribution is -0.132. The molecular weight excluding hydrogens is 328 g/mol. The van der Waals surface area contributed by atoms with Gasteiger partial charge in [-0.2, -0.15) is 0 Å². The van der Waals surface area contributed by atoms with Gasteiger partial charge in [0.2, 0.25) is 6.79 Å². The Labute approximate surface area is 145 Å². The van der Waals surface area contributed by atoms with Crippen LogP contribution in [-0.2, 0) is 4.79 Å². The number of aliphatic hydroxyl groups is 1. The van der Waals surface area contributed by atoms with Gasteiger partial charge in [0, 0.05) is 6.07 Å². The van der Waals surface area contributed by atoms with E-state index in [9.17, 15) is 14.7 Å². The molecule has 3 amide bonds. The van der Waals surface area contributed by atoms with Crippen LogP contribution in [0.1, 0.15) is 26.7 Å². The first-order valence-electron chi connectivity index (χ1n) is 8.33. The molecule has 1 saturated heterocycles. The van der Waals surface area contributed by atoms with E-state index in [1.807, 2.05) is 13.8 Å². The Hall–Kier alpha value is -2.48. The van der Waals surface area contributed by atoms with Crippen molar-refractivity contribution in [2.75, 3.05) is 19.9 Å². The number of imide groups is 1. The molecule has 2 aliphatic heterocycles. The highest BCUT2D eigenvalue weighted by molar-refractivity contribution is 6.07. The summed E-state index contributed by atoms with van der Waals surface area (Å²) in [6.45, 7) is 3.71. The summed E-state index contributed by atoms with van der Waals surface area (Å²) in [5, 5.41) is 12.9. The first-order valence-corrected chi connectivity index (χ1v) is 8.33. The molecule has 0 radical (unpaired) electrons. The van der Waals surface area contributed by atoms with Gasteiger partial charge >= 0.3 is 6.03 Å². The lowest BCUT2D eigenvalue weighted by Gasteiger charge is -2.24. The number of β-amino-alcohol motifs (C(OH)–C–C–N with tert-alkyl or cyclic N) is 1. The molecule has 2 N–H and O–H groups in total. The van der Waals surface area contributed by atoms with Gasteiger partial charge in [-0.15, -0.1) is 0 Å². The molecule has 1 aromatic rings.